The van der Waals surface area contributed by atoms with Crippen LogP contribution >= 0.6 is 15.9 Å². The van der Waals surface area contributed by atoms with E-state index in [1.807, 2.05) is 30.3 Å². The molecule has 1 atom stereocenters. The third kappa shape index (κ3) is 3.53. The van der Waals surface area contributed by atoms with Crippen LogP contribution in [0.4, 0.5) is 11.4 Å². The number of rotatable bonds is 0. The minimum absolute atomic E-state index is 0.0802. The molecule has 0 saturated heterocycles. The normalized spacial score (nSPS) is 15.0. The van der Waals surface area contributed by atoms with Gasteiger partial charge in [0, 0.05) is 16.4 Å². The Kier molecular flexibility index (Phi) is 5.12. The summed E-state index contributed by atoms with van der Waals surface area (Å²) in [6.07, 6.45) is 1.69. The van der Waals surface area contributed by atoms with Crippen molar-refractivity contribution < 1.29 is 9.90 Å². The number of aromatic nitrogens is 2. The van der Waals surface area contributed by atoms with Crippen LogP contribution in [0.3, 0.4) is 0 Å². The zero-order chi connectivity index (χ0) is 23.1. The van der Waals surface area contributed by atoms with Gasteiger partial charge in [0.2, 0.25) is 0 Å². The summed E-state index contributed by atoms with van der Waals surface area (Å²) < 4.78 is 0. The topological polar surface area (TPSA) is 77.6 Å². The van der Waals surface area contributed by atoms with E-state index in [-0.39, 0.29) is 16.4 Å². The lowest BCUT2D eigenvalue weighted by atomic mass is 9.94. The van der Waals surface area contributed by atoms with Crippen molar-refractivity contribution in [2.75, 3.05) is 0 Å². The molecular formula is C26H17BrN4O2. The summed E-state index contributed by atoms with van der Waals surface area (Å²) >= 11 is 3.39. The first-order valence-corrected chi connectivity index (χ1v) is 11.2. The van der Waals surface area contributed by atoms with Crippen LogP contribution in [0.15, 0.2) is 54.6 Å². The number of phenolic OH excluding ortho intramolecular Hbond substituents is 1. The van der Waals surface area contributed by atoms with Crippen molar-refractivity contribution in [2.45, 2.75) is 17.7 Å². The molecule has 7 heteroatoms. The second-order valence-electron chi connectivity index (χ2n) is 7.86. The summed E-state index contributed by atoms with van der Waals surface area (Å²) in [7, 11) is 0. The van der Waals surface area contributed by atoms with E-state index >= 15 is 0 Å². The average molecular weight is 497 g/mol. The van der Waals surface area contributed by atoms with Crippen molar-refractivity contribution in [3.63, 3.8) is 0 Å². The number of nitrogens with zero attached hydrogens (tertiary/aromatic N) is 2. The lowest BCUT2D eigenvalue weighted by molar-refractivity contribution is 0.0977. The average Bonchev–Trinajstić information content (AvgIpc) is 3.40. The highest BCUT2D eigenvalue weighted by Gasteiger charge is 2.28. The fourth-order valence-electron chi connectivity index (χ4n) is 4.30. The summed E-state index contributed by atoms with van der Waals surface area (Å²) in [5.41, 5.74) is 5.59. The monoisotopic (exact) mass is 496 g/mol. The van der Waals surface area contributed by atoms with Crippen LogP contribution in [0.5, 0.6) is 5.75 Å². The Morgan fingerprint density at radius 2 is 1.58 bits per heavy atom. The SMILES string of the molecule is [C-]#[N+]c1ccc2[nH]c3c(O)cccc3c2c1.[C-]#[N+]c1ccc2[nH]c3c(c2c1)CCC(Br)C3=O. The number of benzene rings is 3. The molecule has 0 fully saturated rings. The van der Waals surface area contributed by atoms with Crippen LogP contribution in [0.2, 0.25) is 0 Å². The van der Waals surface area contributed by atoms with Gasteiger partial charge in [-0.15, -0.1) is 0 Å². The molecule has 0 aliphatic heterocycles. The molecule has 0 spiro atoms. The number of H-pyrrole nitrogens is 2. The third-order valence-corrected chi connectivity index (χ3v) is 6.80. The zero-order valence-corrected chi connectivity index (χ0v) is 18.9. The summed E-state index contributed by atoms with van der Waals surface area (Å²) in [6.45, 7) is 14.0. The van der Waals surface area contributed by atoms with E-state index in [2.05, 4.69) is 35.6 Å². The Bertz CT molecular complexity index is 1650. The van der Waals surface area contributed by atoms with Crippen molar-refractivity contribution in [1.29, 1.82) is 0 Å². The van der Waals surface area contributed by atoms with Crippen LogP contribution < -0.4 is 0 Å². The number of para-hydroxylation sites is 1. The predicted octanol–water partition coefficient (Wildman–Crippen LogP) is 7.19. The maximum absolute atomic E-state index is 12.0. The zero-order valence-electron chi connectivity index (χ0n) is 17.3. The molecule has 0 amide bonds. The molecule has 1 aliphatic carbocycles. The lowest BCUT2D eigenvalue weighted by Gasteiger charge is -2.15. The number of carbonyl (C=O) groups is 1. The van der Waals surface area contributed by atoms with Gasteiger partial charge in [-0.25, -0.2) is 9.69 Å². The fraction of sp³-hybridized carbons (Fsp3) is 0.115. The second kappa shape index (κ2) is 8.12. The van der Waals surface area contributed by atoms with Gasteiger partial charge in [-0.1, -0.05) is 40.2 Å². The van der Waals surface area contributed by atoms with Gasteiger partial charge in [-0.2, -0.15) is 0 Å². The highest BCUT2D eigenvalue weighted by atomic mass is 79.9. The van der Waals surface area contributed by atoms with E-state index in [0.717, 1.165) is 51.1 Å². The van der Waals surface area contributed by atoms with Crippen LogP contribution in [-0.2, 0) is 6.42 Å². The van der Waals surface area contributed by atoms with E-state index in [0.29, 0.717) is 17.1 Å². The van der Waals surface area contributed by atoms with Crippen LogP contribution in [0, 0.1) is 13.1 Å². The van der Waals surface area contributed by atoms with Crippen LogP contribution in [-0.4, -0.2) is 25.7 Å². The highest BCUT2D eigenvalue weighted by molar-refractivity contribution is 9.10. The Morgan fingerprint density at radius 1 is 0.909 bits per heavy atom. The van der Waals surface area contributed by atoms with Gasteiger partial charge < -0.3 is 15.1 Å². The smallest absolute Gasteiger partial charge is 0.192 e. The van der Waals surface area contributed by atoms with Gasteiger partial charge in [0.25, 0.3) is 0 Å². The quantitative estimate of drug-likeness (QED) is 0.156. The lowest BCUT2D eigenvalue weighted by Crippen LogP contribution is -2.21. The van der Waals surface area contributed by atoms with Crippen LogP contribution in [0.1, 0.15) is 22.5 Å². The number of nitrogens with one attached hydrogen (secondary N) is 2. The molecule has 6 rings (SSSR count). The Labute approximate surface area is 197 Å². The molecule has 3 aromatic carbocycles. The van der Waals surface area contributed by atoms with E-state index in [1.165, 1.54) is 0 Å². The van der Waals surface area contributed by atoms with Gasteiger partial charge in [0.1, 0.15) is 5.75 Å². The highest BCUT2D eigenvalue weighted by Crippen LogP contribution is 2.34. The first-order chi connectivity index (χ1) is 16.0. The number of aryl methyl sites for hydroxylation is 1. The Balaban J connectivity index is 0.000000139. The van der Waals surface area contributed by atoms with Gasteiger partial charge in [-0.05, 0) is 59.5 Å². The number of hydrogen-bond donors (Lipinski definition) is 3. The summed E-state index contributed by atoms with van der Waals surface area (Å²) in [6, 6.07) is 16.3. The molecule has 0 saturated carbocycles. The number of alkyl halides is 1. The largest absolute Gasteiger partial charge is 0.506 e. The third-order valence-electron chi connectivity index (χ3n) is 5.92. The molecule has 160 valence electrons. The van der Waals surface area contributed by atoms with Crippen molar-refractivity contribution in [3.8, 4) is 5.75 Å². The van der Waals surface area contributed by atoms with Gasteiger partial charge in [-0.3, -0.25) is 4.79 Å². The number of carbonyl (C=O) groups excluding carboxylic acids is 1. The number of ketones is 1. The predicted molar refractivity (Wildman–Crippen MR) is 134 cm³/mol. The summed E-state index contributed by atoms with van der Waals surface area (Å²) in [5, 5.41) is 12.6. The van der Waals surface area contributed by atoms with Crippen molar-refractivity contribution in [2.24, 2.45) is 0 Å². The summed E-state index contributed by atoms with van der Waals surface area (Å²) in [5.74, 6) is 0.352. The molecule has 3 N–H and O–H groups in total. The molecule has 0 radical (unpaired) electrons. The van der Waals surface area contributed by atoms with Crippen molar-refractivity contribution in [3.05, 3.63) is 88.7 Å². The van der Waals surface area contributed by atoms with E-state index in [9.17, 15) is 9.90 Å². The number of halogens is 1. The number of fused-ring (bicyclic) bond motifs is 6. The molecule has 6 nitrogen and oxygen atoms in total. The Morgan fingerprint density at radius 3 is 2.27 bits per heavy atom. The maximum Gasteiger partial charge on any atom is 0.192 e. The van der Waals surface area contributed by atoms with Crippen molar-refractivity contribution in [1.82, 2.24) is 9.97 Å². The number of phenols is 1. The number of aromatic amines is 2. The molecule has 2 heterocycles. The molecule has 2 aromatic heterocycles. The Hall–Kier alpha value is -4.07. The van der Waals surface area contributed by atoms with E-state index in [4.69, 9.17) is 13.1 Å². The number of Topliss-reactive ketones (excluding diaryl/α,β-unsaturated/α-hetero) is 1. The second-order valence-corrected chi connectivity index (χ2v) is 8.96. The van der Waals surface area contributed by atoms with Gasteiger partial charge in [0.15, 0.2) is 17.2 Å². The maximum atomic E-state index is 12.0. The molecule has 1 unspecified atom stereocenters. The van der Waals surface area contributed by atoms with Crippen LogP contribution in [0.25, 0.3) is 42.4 Å². The first kappa shape index (κ1) is 20.8. The standard InChI is InChI=1S/C13H9BrN2O.C13H8N2O/c1-15-7-2-5-11-9(6-7)8-3-4-10(14)13(17)12(8)16-11;1-14-8-5-6-11-10(7-8)9-3-2-4-12(16)13(9)15-11/h2,5-6,10,16H,3-4H2;2-7,15-16H. The van der Waals surface area contributed by atoms with E-state index in [1.54, 1.807) is 24.3 Å². The first-order valence-electron chi connectivity index (χ1n) is 10.3. The summed E-state index contributed by atoms with van der Waals surface area (Å²) in [4.78, 5) is 25.1. The molecular weight excluding hydrogens is 480 g/mol. The minimum atomic E-state index is -0.0802. The number of hydrogen-bond acceptors (Lipinski definition) is 2. The number of aromatic hydroxyl groups is 1. The van der Waals surface area contributed by atoms with E-state index < -0.39 is 0 Å². The molecule has 33 heavy (non-hydrogen) atoms. The van der Waals surface area contributed by atoms with Crippen molar-refractivity contribution >= 4 is 65.8 Å². The minimum Gasteiger partial charge on any atom is -0.506 e. The van der Waals surface area contributed by atoms with Gasteiger partial charge >= 0.3 is 0 Å². The fourth-order valence-corrected chi connectivity index (χ4v) is 4.76. The molecule has 0 bridgehead atoms. The van der Waals surface area contributed by atoms with Gasteiger partial charge in [0.05, 0.1) is 29.2 Å². The molecule has 1 aliphatic rings. The molecule has 5 aromatic rings.